The van der Waals surface area contributed by atoms with Gasteiger partial charge in [-0.15, -0.1) is 0 Å². The number of phenols is 1. The van der Waals surface area contributed by atoms with Crippen LogP contribution < -0.4 is 15.2 Å². The van der Waals surface area contributed by atoms with Crippen molar-refractivity contribution in [3.63, 3.8) is 0 Å². The molecule has 62 heavy (non-hydrogen) atoms. The molecule has 3 fully saturated rings. The predicted molar refractivity (Wildman–Crippen MR) is 216 cm³/mol. The van der Waals surface area contributed by atoms with Gasteiger partial charge in [0.15, 0.2) is 11.5 Å². The highest BCUT2D eigenvalue weighted by Gasteiger charge is 2.70. The zero-order chi connectivity index (χ0) is 44.9. The lowest BCUT2D eigenvalue weighted by Crippen LogP contribution is -2.53. The molecule has 16 nitrogen and oxygen atoms in total. The number of aryl methyl sites for hydroxylation is 1. The summed E-state index contributed by atoms with van der Waals surface area (Å²) in [6.07, 6.45) is -2.94. The quantitative estimate of drug-likeness (QED) is 0.0763. The largest absolute Gasteiger partial charge is 0.508 e. The molecule has 0 bridgehead atoms. The molecule has 8 rings (SSSR count). The van der Waals surface area contributed by atoms with Gasteiger partial charge in [-0.1, -0.05) is 59.1 Å². The number of rotatable bonds is 8. The number of phenolic OH excluding ortho intramolecular Hbond substituents is 1. The van der Waals surface area contributed by atoms with E-state index >= 15 is 4.79 Å². The maximum atomic E-state index is 15.4. The number of fused-ring (bicyclic) bond motifs is 4. The molecule has 0 radical (unpaired) electrons. The van der Waals surface area contributed by atoms with Crippen molar-refractivity contribution in [3.05, 3.63) is 131 Å². The van der Waals surface area contributed by atoms with Gasteiger partial charge in [-0.2, -0.15) is 18.2 Å². The van der Waals surface area contributed by atoms with Crippen molar-refractivity contribution < 1.29 is 47.3 Å². The number of hydrogen-bond acceptors (Lipinski definition) is 12. The Labute approximate surface area is 358 Å². The number of imide groups is 2. The van der Waals surface area contributed by atoms with Crippen LogP contribution in [0.15, 0.2) is 78.5 Å². The zero-order valence-corrected chi connectivity index (χ0v) is 34.0. The number of carbonyl (C=O) groups excluding carboxylic acids is 4. The molecular weight excluding hydrogens is 862 g/mol. The van der Waals surface area contributed by atoms with Gasteiger partial charge in [0.05, 0.1) is 49.3 Å². The minimum Gasteiger partial charge on any atom is -0.508 e. The monoisotopic (exact) mass is 893 g/mol. The molecule has 2 N–H and O–H groups in total. The number of halogens is 5. The highest BCUT2D eigenvalue weighted by atomic mass is 35.5. The number of nitrogens with zero attached hydrogens (tertiary/aromatic N) is 6. The van der Waals surface area contributed by atoms with E-state index in [4.69, 9.17) is 23.2 Å². The molecule has 4 amide bonds. The normalized spacial score (nSPS) is 24.4. The van der Waals surface area contributed by atoms with Gasteiger partial charge >= 0.3 is 17.6 Å². The van der Waals surface area contributed by atoms with Gasteiger partial charge in [-0.25, -0.2) is 9.88 Å². The lowest BCUT2D eigenvalue weighted by molar-refractivity contribution is -0.392. The Bertz CT molecular complexity index is 2660. The summed E-state index contributed by atoms with van der Waals surface area (Å²) in [6, 6.07) is 13.1. The van der Waals surface area contributed by atoms with Crippen LogP contribution >= 0.6 is 23.2 Å². The Morgan fingerprint density at radius 3 is 2.13 bits per heavy atom. The van der Waals surface area contributed by atoms with Crippen LogP contribution in [0.3, 0.4) is 0 Å². The smallest absolute Gasteiger partial charge is 0.417 e. The lowest BCUT2D eigenvalue weighted by atomic mass is 9.49. The summed E-state index contributed by atoms with van der Waals surface area (Å²) in [5, 5.41) is 35.5. The van der Waals surface area contributed by atoms with E-state index in [1.807, 2.05) is 0 Å². The summed E-state index contributed by atoms with van der Waals surface area (Å²) in [5.41, 5.74) is -1.14. The molecule has 6 unspecified atom stereocenters. The van der Waals surface area contributed by atoms with Crippen LogP contribution in [0.1, 0.15) is 41.0 Å². The molecule has 4 aliphatic rings. The summed E-state index contributed by atoms with van der Waals surface area (Å²) in [7, 11) is 2.73. The van der Waals surface area contributed by atoms with E-state index < -0.39 is 108 Å². The first-order chi connectivity index (χ1) is 29.2. The molecule has 1 saturated carbocycles. The van der Waals surface area contributed by atoms with E-state index in [0.29, 0.717) is 44.4 Å². The fraction of sp³-hybridized carbons (Fsp3) is 0.293. The van der Waals surface area contributed by atoms with Gasteiger partial charge < -0.3 is 10.0 Å². The van der Waals surface area contributed by atoms with Crippen molar-refractivity contribution in [2.24, 2.45) is 23.7 Å². The number of nitro groups is 2. The molecule has 6 atom stereocenters. The second-order valence-electron chi connectivity index (χ2n) is 15.7. The molecule has 4 aromatic rings. The zero-order valence-electron chi connectivity index (χ0n) is 32.5. The van der Waals surface area contributed by atoms with Gasteiger partial charge in [-0.3, -0.25) is 44.8 Å². The molecule has 2 saturated heterocycles. The van der Waals surface area contributed by atoms with E-state index in [9.17, 15) is 52.9 Å². The second kappa shape index (κ2) is 14.8. The number of allylic oxidation sites excluding steroid dienone is 2. The highest BCUT2D eigenvalue weighted by molar-refractivity contribution is 6.33. The number of hydrogen-bond donors (Lipinski definition) is 2. The SMILES string of the molecule is Cc1cc(C2C3=CCC4C(=O)N(c5cc([N+](=O)[O-])c(N(C)C)c([N+](=O)[O-])c5)C(=O)C4C3CC3C(=O)N(Nc4ncc(C(F)(F)F)cc4Cl)C(=O)C32c2ccc(Cl)cc2)ccc1O. The van der Waals surface area contributed by atoms with Gasteiger partial charge in [0, 0.05) is 43.4 Å². The molecule has 320 valence electrons. The third-order valence-electron chi connectivity index (χ3n) is 12.3. The number of hydrazine groups is 1. The predicted octanol–water partition coefficient (Wildman–Crippen LogP) is 7.49. The standard InChI is InChI=1S/C41H32Cl2F3N7O9/c1-18-12-19(4-11-31(18)54)33-24-9-10-25-32(38(57)50(36(25)55)23-14-29(52(59)60)34(49(2)3)30(15-23)53(61)62)26(24)16-27-37(56)51(39(58)40(27,33)20-5-7-22(42)8-6-20)48-35-28(43)13-21(17-47-35)41(44,45)46/h4-9,11-15,17,25-27,32-33,54H,10,16H2,1-3H3,(H,47,48). The number of amides is 4. The first-order valence-electron chi connectivity index (χ1n) is 18.8. The van der Waals surface area contributed by atoms with Crippen molar-refractivity contribution in [3.8, 4) is 5.75 Å². The molecular formula is C41H32Cl2F3N7O9. The molecule has 21 heteroatoms. The Kier molecular flexibility index (Phi) is 10.0. The highest BCUT2D eigenvalue weighted by Crippen LogP contribution is 2.64. The summed E-state index contributed by atoms with van der Waals surface area (Å²) in [4.78, 5) is 87.8. The van der Waals surface area contributed by atoms with E-state index in [1.165, 1.54) is 37.2 Å². The van der Waals surface area contributed by atoms with Crippen molar-refractivity contribution >= 4 is 75.4 Å². The Morgan fingerprint density at radius 1 is 0.919 bits per heavy atom. The Balaban J connectivity index is 1.30. The number of nitrogens with one attached hydrogen (secondary N) is 1. The molecule has 1 aromatic heterocycles. The molecule has 3 heterocycles. The van der Waals surface area contributed by atoms with Gasteiger partial charge in [0.25, 0.3) is 11.8 Å². The first-order valence-corrected chi connectivity index (χ1v) is 19.6. The summed E-state index contributed by atoms with van der Waals surface area (Å²) < 4.78 is 40.6. The number of carbonyl (C=O) groups is 4. The fourth-order valence-electron chi connectivity index (χ4n) is 9.73. The van der Waals surface area contributed by atoms with Crippen LogP contribution in [0.5, 0.6) is 5.75 Å². The van der Waals surface area contributed by atoms with Crippen molar-refractivity contribution in [2.45, 2.75) is 37.3 Å². The van der Waals surface area contributed by atoms with Gasteiger partial charge in [-0.05, 0) is 66.6 Å². The van der Waals surface area contributed by atoms with Crippen molar-refractivity contribution in [1.82, 2.24) is 9.99 Å². The molecule has 0 spiro atoms. The fourth-order valence-corrected chi connectivity index (χ4v) is 10.1. The van der Waals surface area contributed by atoms with E-state index in [0.717, 1.165) is 12.1 Å². The number of aromatic hydroxyl groups is 1. The summed E-state index contributed by atoms with van der Waals surface area (Å²) >= 11 is 12.6. The Hall–Kier alpha value is -6.60. The van der Waals surface area contributed by atoms with Crippen LogP contribution in [-0.2, 0) is 30.8 Å². The lowest BCUT2D eigenvalue weighted by Gasteiger charge is -2.50. The van der Waals surface area contributed by atoms with E-state index in [1.54, 1.807) is 37.3 Å². The minimum absolute atomic E-state index is 0.0817. The molecule has 2 aliphatic heterocycles. The van der Waals surface area contributed by atoms with Crippen LogP contribution in [-0.4, -0.2) is 62.7 Å². The van der Waals surface area contributed by atoms with Gasteiger partial charge in [0.2, 0.25) is 11.8 Å². The number of pyridine rings is 1. The van der Waals surface area contributed by atoms with Gasteiger partial charge in [0.1, 0.15) is 5.75 Å². The third kappa shape index (κ3) is 6.31. The topological polar surface area (TPSA) is 209 Å². The number of alkyl halides is 3. The minimum atomic E-state index is -4.81. The maximum absolute atomic E-state index is 15.4. The maximum Gasteiger partial charge on any atom is 0.417 e. The summed E-state index contributed by atoms with van der Waals surface area (Å²) in [6.45, 7) is 1.61. The van der Waals surface area contributed by atoms with Crippen LogP contribution in [0.2, 0.25) is 10.0 Å². The molecule has 3 aromatic carbocycles. The third-order valence-corrected chi connectivity index (χ3v) is 12.8. The van der Waals surface area contributed by atoms with E-state index in [2.05, 4.69) is 10.4 Å². The van der Waals surface area contributed by atoms with Crippen LogP contribution in [0.4, 0.5) is 41.7 Å². The van der Waals surface area contributed by atoms with Crippen molar-refractivity contribution in [2.75, 3.05) is 29.3 Å². The van der Waals surface area contributed by atoms with Crippen LogP contribution in [0, 0.1) is 50.8 Å². The number of nitro benzene ring substituents is 2. The van der Waals surface area contributed by atoms with Crippen LogP contribution in [0.25, 0.3) is 0 Å². The first kappa shape index (κ1) is 42.1. The average Bonchev–Trinajstić information content (AvgIpc) is 3.59. The Morgan fingerprint density at radius 2 is 1.56 bits per heavy atom. The number of benzene rings is 3. The second-order valence-corrected chi connectivity index (χ2v) is 16.6. The van der Waals surface area contributed by atoms with E-state index in [-0.39, 0.29) is 29.3 Å². The van der Waals surface area contributed by atoms with Crippen molar-refractivity contribution in [1.29, 1.82) is 0 Å². The average molecular weight is 895 g/mol. The molecule has 2 aliphatic carbocycles. The number of aromatic nitrogens is 1. The summed E-state index contributed by atoms with van der Waals surface area (Å²) in [5.74, 6) is -9.64. The number of anilines is 3.